The van der Waals surface area contributed by atoms with Crippen LogP contribution in [0.3, 0.4) is 0 Å². The number of carbonyl (C=O) groups excluding carboxylic acids is 1. The molecular formula is C11H20N2O3. The van der Waals surface area contributed by atoms with E-state index in [1.54, 1.807) is 0 Å². The molecule has 0 aliphatic carbocycles. The Morgan fingerprint density at radius 3 is 2.69 bits per heavy atom. The molecule has 16 heavy (non-hydrogen) atoms. The van der Waals surface area contributed by atoms with E-state index in [-0.39, 0.29) is 11.8 Å². The summed E-state index contributed by atoms with van der Waals surface area (Å²) in [5, 5.41) is 9.15. The van der Waals surface area contributed by atoms with Gasteiger partial charge in [-0.15, -0.1) is 0 Å². The lowest BCUT2D eigenvalue weighted by atomic mass is 9.90. The average Bonchev–Trinajstić information content (AvgIpc) is 2.26. The van der Waals surface area contributed by atoms with E-state index in [2.05, 4.69) is 0 Å². The fraction of sp³-hybridized carbons (Fsp3) is 0.818. The smallest absolute Gasteiger partial charge is 0.326 e. The Hall–Kier alpha value is -1.10. The fourth-order valence-corrected chi connectivity index (χ4v) is 2.20. The molecule has 3 unspecified atom stereocenters. The maximum absolute atomic E-state index is 11.9. The van der Waals surface area contributed by atoms with Crippen LogP contribution in [0.15, 0.2) is 0 Å². The predicted octanol–water partition coefficient (Wildman–Crippen LogP) is 0.435. The summed E-state index contributed by atoms with van der Waals surface area (Å²) in [5.41, 5.74) is 5.67. The van der Waals surface area contributed by atoms with Gasteiger partial charge in [-0.25, -0.2) is 4.79 Å². The summed E-state index contributed by atoms with van der Waals surface area (Å²) in [6.45, 7) is 4.20. The maximum atomic E-state index is 11.9. The van der Waals surface area contributed by atoms with Gasteiger partial charge in [0.25, 0.3) is 0 Å². The lowest BCUT2D eigenvalue weighted by molar-refractivity contribution is -0.155. The first-order chi connectivity index (χ1) is 7.49. The number of amides is 1. The summed E-state index contributed by atoms with van der Waals surface area (Å²) < 4.78 is 0. The summed E-state index contributed by atoms with van der Waals surface area (Å²) in [6.07, 6.45) is 2.24. The molecule has 1 saturated heterocycles. The van der Waals surface area contributed by atoms with Gasteiger partial charge in [0.2, 0.25) is 5.91 Å². The van der Waals surface area contributed by atoms with Crippen LogP contribution in [0.5, 0.6) is 0 Å². The highest BCUT2D eigenvalue weighted by Gasteiger charge is 2.38. The number of hydrogen-bond donors (Lipinski definition) is 2. The predicted molar refractivity (Wildman–Crippen MR) is 59.8 cm³/mol. The Kier molecular flexibility index (Phi) is 4.29. The molecular weight excluding hydrogens is 208 g/mol. The maximum Gasteiger partial charge on any atom is 0.326 e. The largest absolute Gasteiger partial charge is 0.480 e. The van der Waals surface area contributed by atoms with Gasteiger partial charge in [0.05, 0.1) is 6.04 Å². The van der Waals surface area contributed by atoms with Crippen molar-refractivity contribution in [3.05, 3.63) is 0 Å². The van der Waals surface area contributed by atoms with Gasteiger partial charge in [-0.3, -0.25) is 4.79 Å². The zero-order valence-corrected chi connectivity index (χ0v) is 9.85. The summed E-state index contributed by atoms with van der Waals surface area (Å²) in [4.78, 5) is 24.5. The number of carboxylic acids is 1. The third kappa shape index (κ3) is 2.52. The lowest BCUT2D eigenvalue weighted by Crippen LogP contribution is -2.56. The van der Waals surface area contributed by atoms with Crippen molar-refractivity contribution in [2.45, 2.75) is 45.2 Å². The van der Waals surface area contributed by atoms with Crippen LogP contribution in [-0.4, -0.2) is 40.5 Å². The minimum Gasteiger partial charge on any atom is -0.480 e. The second-order valence-electron chi connectivity index (χ2n) is 4.45. The third-order valence-electron chi connectivity index (χ3n) is 3.23. The van der Waals surface area contributed by atoms with Crippen LogP contribution in [0.25, 0.3) is 0 Å². The number of aliphatic carboxylic acids is 1. The Morgan fingerprint density at radius 1 is 1.56 bits per heavy atom. The first-order valence-electron chi connectivity index (χ1n) is 5.77. The number of carbonyl (C=O) groups is 2. The van der Waals surface area contributed by atoms with Crippen LogP contribution in [0.4, 0.5) is 0 Å². The highest BCUT2D eigenvalue weighted by molar-refractivity contribution is 5.87. The van der Waals surface area contributed by atoms with Gasteiger partial charge in [-0.1, -0.05) is 13.8 Å². The van der Waals surface area contributed by atoms with E-state index in [4.69, 9.17) is 10.8 Å². The van der Waals surface area contributed by atoms with Crippen LogP contribution < -0.4 is 5.73 Å². The molecule has 0 spiro atoms. The fourth-order valence-electron chi connectivity index (χ4n) is 2.20. The molecule has 1 aliphatic heterocycles. The Labute approximate surface area is 95.6 Å². The molecule has 0 aromatic rings. The second kappa shape index (κ2) is 5.30. The van der Waals surface area contributed by atoms with Crippen molar-refractivity contribution in [1.82, 2.24) is 4.90 Å². The highest BCUT2D eigenvalue weighted by atomic mass is 16.4. The number of hydrogen-bond acceptors (Lipinski definition) is 3. The quantitative estimate of drug-likeness (QED) is 0.734. The Morgan fingerprint density at radius 2 is 2.19 bits per heavy atom. The molecule has 0 saturated carbocycles. The van der Waals surface area contributed by atoms with Crippen LogP contribution in [-0.2, 0) is 9.59 Å². The van der Waals surface area contributed by atoms with Crippen molar-refractivity contribution >= 4 is 11.9 Å². The van der Waals surface area contributed by atoms with Gasteiger partial charge in [0, 0.05) is 6.54 Å². The summed E-state index contributed by atoms with van der Waals surface area (Å²) >= 11 is 0. The molecule has 0 bridgehead atoms. The zero-order valence-electron chi connectivity index (χ0n) is 9.85. The molecule has 1 rings (SSSR count). The Bertz CT molecular complexity index is 280. The minimum absolute atomic E-state index is 0.000689. The van der Waals surface area contributed by atoms with Crippen LogP contribution in [0.1, 0.15) is 33.1 Å². The van der Waals surface area contributed by atoms with Crippen molar-refractivity contribution in [2.24, 2.45) is 11.7 Å². The van der Waals surface area contributed by atoms with E-state index in [9.17, 15) is 9.59 Å². The number of likely N-dealkylation sites (tertiary alicyclic amines) is 1. The van der Waals surface area contributed by atoms with Gasteiger partial charge < -0.3 is 15.7 Å². The van der Waals surface area contributed by atoms with E-state index in [0.717, 1.165) is 12.8 Å². The first kappa shape index (κ1) is 13.0. The number of carboxylic acid groups (broad SMARTS) is 1. The SMILES string of the molecule is CCC(N)C(=O)N1CCCC(C)C1C(=O)O. The van der Waals surface area contributed by atoms with Crippen molar-refractivity contribution in [3.8, 4) is 0 Å². The zero-order chi connectivity index (χ0) is 12.3. The average molecular weight is 228 g/mol. The van der Waals surface area contributed by atoms with E-state index >= 15 is 0 Å². The van der Waals surface area contributed by atoms with Gasteiger partial charge in [0.15, 0.2) is 0 Å². The van der Waals surface area contributed by atoms with Gasteiger partial charge >= 0.3 is 5.97 Å². The minimum atomic E-state index is -0.927. The van der Waals surface area contributed by atoms with E-state index < -0.39 is 18.1 Å². The number of piperidine rings is 1. The van der Waals surface area contributed by atoms with Crippen LogP contribution >= 0.6 is 0 Å². The normalized spacial score (nSPS) is 27.6. The monoisotopic (exact) mass is 228 g/mol. The number of nitrogens with two attached hydrogens (primary N) is 1. The molecule has 1 aliphatic rings. The van der Waals surface area contributed by atoms with Crippen molar-refractivity contribution in [1.29, 1.82) is 0 Å². The molecule has 0 aromatic heterocycles. The highest BCUT2D eigenvalue weighted by Crippen LogP contribution is 2.24. The molecule has 0 aromatic carbocycles. The van der Waals surface area contributed by atoms with Gasteiger partial charge in [0.1, 0.15) is 6.04 Å². The summed E-state index contributed by atoms with van der Waals surface area (Å²) in [7, 11) is 0. The Balaban J connectivity index is 2.83. The summed E-state index contributed by atoms with van der Waals surface area (Å²) in [5.74, 6) is -1.16. The molecule has 1 amide bonds. The van der Waals surface area contributed by atoms with Gasteiger partial charge in [-0.05, 0) is 25.2 Å². The molecule has 3 atom stereocenters. The van der Waals surface area contributed by atoms with E-state index in [1.807, 2.05) is 13.8 Å². The molecule has 92 valence electrons. The molecule has 3 N–H and O–H groups in total. The molecule has 1 fully saturated rings. The van der Waals surface area contributed by atoms with Crippen LogP contribution in [0, 0.1) is 5.92 Å². The first-order valence-corrected chi connectivity index (χ1v) is 5.77. The van der Waals surface area contributed by atoms with Crippen molar-refractivity contribution in [3.63, 3.8) is 0 Å². The molecule has 1 heterocycles. The molecule has 5 heteroatoms. The summed E-state index contributed by atoms with van der Waals surface area (Å²) in [6, 6.07) is -1.29. The van der Waals surface area contributed by atoms with Crippen molar-refractivity contribution in [2.75, 3.05) is 6.54 Å². The standard InChI is InChI=1S/C11H20N2O3/c1-3-8(12)10(14)13-6-4-5-7(2)9(13)11(15)16/h7-9H,3-6,12H2,1-2H3,(H,15,16). The number of rotatable bonds is 3. The van der Waals surface area contributed by atoms with Crippen LogP contribution in [0.2, 0.25) is 0 Å². The van der Waals surface area contributed by atoms with Gasteiger partial charge in [-0.2, -0.15) is 0 Å². The lowest BCUT2D eigenvalue weighted by Gasteiger charge is -2.38. The second-order valence-corrected chi connectivity index (χ2v) is 4.45. The van der Waals surface area contributed by atoms with Crippen molar-refractivity contribution < 1.29 is 14.7 Å². The van der Waals surface area contributed by atoms with E-state index in [0.29, 0.717) is 13.0 Å². The third-order valence-corrected chi connectivity index (χ3v) is 3.23. The molecule has 5 nitrogen and oxygen atoms in total. The molecule has 0 radical (unpaired) electrons. The number of nitrogens with zero attached hydrogens (tertiary/aromatic N) is 1. The van der Waals surface area contributed by atoms with E-state index in [1.165, 1.54) is 4.90 Å². The topological polar surface area (TPSA) is 83.6 Å².